The minimum atomic E-state index is -0.351. The second-order valence-corrected chi connectivity index (χ2v) is 6.09. The molecular weight excluding hydrogens is 337 g/mol. The first-order valence-electron chi connectivity index (χ1n) is 6.72. The van der Waals surface area contributed by atoms with Gasteiger partial charge >= 0.3 is 0 Å². The molecule has 0 unspecified atom stereocenters. The van der Waals surface area contributed by atoms with Gasteiger partial charge in [0, 0.05) is 18.2 Å². The summed E-state index contributed by atoms with van der Waals surface area (Å²) in [7, 11) is 0. The van der Waals surface area contributed by atoms with Crippen LogP contribution >= 0.6 is 15.9 Å². The van der Waals surface area contributed by atoms with E-state index in [1.807, 2.05) is 0 Å². The van der Waals surface area contributed by atoms with Crippen LogP contribution in [0, 0.1) is 11.7 Å². The zero-order valence-electron chi connectivity index (χ0n) is 11.9. The van der Waals surface area contributed by atoms with Gasteiger partial charge in [-0.25, -0.2) is 9.37 Å². The van der Waals surface area contributed by atoms with E-state index in [0.29, 0.717) is 34.0 Å². The van der Waals surface area contributed by atoms with Crippen LogP contribution in [0.2, 0.25) is 0 Å². The fourth-order valence-corrected chi connectivity index (χ4v) is 2.25. The summed E-state index contributed by atoms with van der Waals surface area (Å²) in [6.45, 7) is 5.60. The van der Waals surface area contributed by atoms with Gasteiger partial charge in [0.25, 0.3) is 5.56 Å². The number of aromatic amines is 1. The van der Waals surface area contributed by atoms with Crippen LogP contribution in [0.3, 0.4) is 0 Å². The summed E-state index contributed by atoms with van der Waals surface area (Å²) in [5.41, 5.74) is 1.10. The van der Waals surface area contributed by atoms with Gasteiger partial charge in [-0.3, -0.25) is 4.79 Å². The summed E-state index contributed by atoms with van der Waals surface area (Å²) in [5, 5.41) is 3.24. The molecule has 0 radical (unpaired) electrons. The molecule has 0 bridgehead atoms. The van der Waals surface area contributed by atoms with E-state index in [-0.39, 0.29) is 11.4 Å². The summed E-state index contributed by atoms with van der Waals surface area (Å²) in [5.74, 6) is 0.611. The highest BCUT2D eigenvalue weighted by molar-refractivity contribution is 9.10. The highest BCUT2D eigenvalue weighted by Gasteiger charge is 2.07. The van der Waals surface area contributed by atoms with Crippen LogP contribution in [0.5, 0.6) is 0 Å². The van der Waals surface area contributed by atoms with E-state index in [0.717, 1.165) is 6.54 Å². The molecule has 2 rings (SSSR count). The normalized spacial score (nSPS) is 11.1. The SMILES string of the molecule is CC(C)CNCc1cc(=O)[nH]c(-c2ccc(F)c(Br)c2)n1. The maximum Gasteiger partial charge on any atom is 0.251 e. The Labute approximate surface area is 130 Å². The fraction of sp³-hybridized carbons (Fsp3) is 0.333. The van der Waals surface area contributed by atoms with Gasteiger partial charge in [0.15, 0.2) is 0 Å². The average molecular weight is 354 g/mol. The molecular formula is C15H17BrFN3O. The number of hydrogen-bond acceptors (Lipinski definition) is 3. The Hall–Kier alpha value is -1.53. The maximum absolute atomic E-state index is 13.3. The van der Waals surface area contributed by atoms with Crippen molar-refractivity contribution in [2.75, 3.05) is 6.54 Å². The van der Waals surface area contributed by atoms with Crippen molar-refractivity contribution in [1.82, 2.24) is 15.3 Å². The monoisotopic (exact) mass is 353 g/mol. The molecule has 1 aromatic heterocycles. The van der Waals surface area contributed by atoms with Crippen molar-refractivity contribution >= 4 is 15.9 Å². The Kier molecular flexibility index (Phi) is 5.25. The third-order valence-corrected chi connectivity index (χ3v) is 3.45. The summed E-state index contributed by atoms with van der Waals surface area (Å²) >= 11 is 3.13. The van der Waals surface area contributed by atoms with Gasteiger partial charge in [0.1, 0.15) is 11.6 Å². The van der Waals surface area contributed by atoms with Crippen LogP contribution in [-0.4, -0.2) is 16.5 Å². The van der Waals surface area contributed by atoms with E-state index >= 15 is 0 Å². The smallest absolute Gasteiger partial charge is 0.251 e. The molecule has 2 N–H and O–H groups in total. The molecule has 0 saturated carbocycles. The molecule has 1 heterocycles. The summed E-state index contributed by atoms with van der Waals surface area (Å²) in [4.78, 5) is 18.8. The molecule has 0 spiro atoms. The Morgan fingerprint density at radius 3 is 2.81 bits per heavy atom. The number of nitrogens with zero attached hydrogens (tertiary/aromatic N) is 1. The first-order valence-corrected chi connectivity index (χ1v) is 7.51. The molecule has 0 aliphatic rings. The van der Waals surface area contributed by atoms with Crippen molar-refractivity contribution in [3.63, 3.8) is 0 Å². The van der Waals surface area contributed by atoms with Crippen molar-refractivity contribution in [2.45, 2.75) is 20.4 Å². The number of H-pyrrole nitrogens is 1. The highest BCUT2D eigenvalue weighted by Crippen LogP contribution is 2.22. The summed E-state index contributed by atoms with van der Waals surface area (Å²) in [6, 6.07) is 5.99. The molecule has 1 aromatic carbocycles. The molecule has 0 atom stereocenters. The van der Waals surface area contributed by atoms with Gasteiger partial charge in [-0.05, 0) is 46.6 Å². The van der Waals surface area contributed by atoms with Crippen LogP contribution in [0.25, 0.3) is 11.4 Å². The second-order valence-electron chi connectivity index (χ2n) is 5.24. The van der Waals surface area contributed by atoms with Crippen molar-refractivity contribution in [2.24, 2.45) is 5.92 Å². The number of nitrogens with one attached hydrogen (secondary N) is 2. The first kappa shape index (κ1) is 15.9. The molecule has 21 heavy (non-hydrogen) atoms. The molecule has 112 valence electrons. The Balaban J connectivity index is 2.25. The second kappa shape index (κ2) is 6.95. The fourth-order valence-electron chi connectivity index (χ4n) is 1.87. The Bertz CT molecular complexity index is 685. The highest BCUT2D eigenvalue weighted by atomic mass is 79.9. The largest absolute Gasteiger partial charge is 0.311 e. The topological polar surface area (TPSA) is 57.8 Å². The van der Waals surface area contributed by atoms with E-state index in [1.54, 1.807) is 12.1 Å². The number of hydrogen-bond donors (Lipinski definition) is 2. The van der Waals surface area contributed by atoms with Crippen molar-refractivity contribution in [3.05, 3.63) is 50.6 Å². The van der Waals surface area contributed by atoms with Crippen molar-refractivity contribution in [1.29, 1.82) is 0 Å². The molecule has 0 fully saturated rings. The van der Waals surface area contributed by atoms with Gasteiger partial charge in [0.05, 0.1) is 10.2 Å². The van der Waals surface area contributed by atoms with E-state index in [2.05, 4.69) is 45.1 Å². The van der Waals surface area contributed by atoms with Crippen LogP contribution < -0.4 is 10.9 Å². The van der Waals surface area contributed by atoms with Gasteiger partial charge in [-0.1, -0.05) is 13.8 Å². The Morgan fingerprint density at radius 2 is 2.14 bits per heavy atom. The standard InChI is InChI=1S/C15H17BrFN3O/c1-9(2)7-18-8-11-6-14(21)20-15(19-11)10-3-4-13(17)12(16)5-10/h3-6,9,18H,7-8H2,1-2H3,(H,19,20,21). The van der Waals surface area contributed by atoms with Gasteiger partial charge in [-0.15, -0.1) is 0 Å². The molecule has 6 heteroatoms. The van der Waals surface area contributed by atoms with Crippen molar-refractivity contribution in [3.8, 4) is 11.4 Å². The van der Waals surface area contributed by atoms with Gasteiger partial charge in [-0.2, -0.15) is 0 Å². The third kappa shape index (κ3) is 4.47. The van der Waals surface area contributed by atoms with E-state index in [9.17, 15) is 9.18 Å². The third-order valence-electron chi connectivity index (χ3n) is 2.85. The van der Waals surface area contributed by atoms with Gasteiger partial charge in [0.2, 0.25) is 0 Å². The number of halogens is 2. The zero-order valence-corrected chi connectivity index (χ0v) is 13.5. The lowest BCUT2D eigenvalue weighted by Crippen LogP contribution is -2.21. The lowest BCUT2D eigenvalue weighted by atomic mass is 10.2. The lowest BCUT2D eigenvalue weighted by molar-refractivity contribution is 0.548. The molecule has 2 aromatic rings. The summed E-state index contributed by atoms with van der Waals surface area (Å²) < 4.78 is 13.6. The predicted octanol–water partition coefficient (Wildman–Crippen LogP) is 3.08. The lowest BCUT2D eigenvalue weighted by Gasteiger charge is -2.08. The minimum Gasteiger partial charge on any atom is -0.311 e. The van der Waals surface area contributed by atoms with E-state index in [1.165, 1.54) is 12.1 Å². The van der Waals surface area contributed by atoms with Crippen LogP contribution in [0.1, 0.15) is 19.5 Å². The minimum absolute atomic E-state index is 0.221. The Morgan fingerprint density at radius 1 is 1.38 bits per heavy atom. The van der Waals surface area contributed by atoms with Crippen LogP contribution in [-0.2, 0) is 6.54 Å². The zero-order chi connectivity index (χ0) is 15.4. The molecule has 0 saturated heterocycles. The van der Waals surface area contributed by atoms with Gasteiger partial charge < -0.3 is 10.3 Å². The molecule has 0 aliphatic heterocycles. The van der Waals surface area contributed by atoms with E-state index < -0.39 is 0 Å². The van der Waals surface area contributed by atoms with Crippen LogP contribution in [0.15, 0.2) is 33.5 Å². The van der Waals surface area contributed by atoms with E-state index in [4.69, 9.17) is 0 Å². The number of aromatic nitrogens is 2. The number of rotatable bonds is 5. The van der Waals surface area contributed by atoms with Crippen LogP contribution in [0.4, 0.5) is 4.39 Å². The number of benzene rings is 1. The van der Waals surface area contributed by atoms with Crippen molar-refractivity contribution < 1.29 is 4.39 Å². The first-order chi connectivity index (χ1) is 9.95. The summed E-state index contributed by atoms with van der Waals surface area (Å²) in [6.07, 6.45) is 0. The predicted molar refractivity (Wildman–Crippen MR) is 84.5 cm³/mol. The molecule has 0 amide bonds. The quantitative estimate of drug-likeness (QED) is 0.868. The maximum atomic E-state index is 13.3. The molecule has 4 nitrogen and oxygen atoms in total. The average Bonchev–Trinajstić information content (AvgIpc) is 2.41. The molecule has 0 aliphatic carbocycles.